The molecule has 1 aromatic rings. The van der Waals surface area contributed by atoms with Crippen LogP contribution in [0, 0.1) is 5.92 Å². The quantitative estimate of drug-likeness (QED) is 0.791. The van der Waals surface area contributed by atoms with E-state index in [1.165, 1.54) is 6.92 Å². The van der Waals surface area contributed by atoms with Gasteiger partial charge in [0.15, 0.2) is 5.12 Å². The number of hydrogen-bond donors (Lipinski definition) is 2. The Bertz CT molecular complexity index is 596. The van der Waals surface area contributed by atoms with Gasteiger partial charge in [-0.2, -0.15) is 0 Å². The second kappa shape index (κ2) is 8.33. The molecule has 0 radical (unpaired) electrons. The van der Waals surface area contributed by atoms with Crippen molar-refractivity contribution in [3.8, 4) is 0 Å². The Morgan fingerprint density at radius 3 is 2.38 bits per heavy atom. The molecule has 0 bridgehead atoms. The van der Waals surface area contributed by atoms with Gasteiger partial charge < -0.3 is 10.4 Å². The molecule has 2 N–H and O–H groups in total. The highest BCUT2D eigenvalue weighted by Gasteiger charge is 2.43. The van der Waals surface area contributed by atoms with Crippen LogP contribution in [0.3, 0.4) is 0 Å². The molecule has 5 nitrogen and oxygen atoms in total. The second-order valence-corrected chi connectivity index (χ2v) is 7.47. The lowest BCUT2D eigenvalue weighted by Crippen LogP contribution is -2.54. The zero-order valence-electron chi connectivity index (χ0n) is 13.8. The van der Waals surface area contributed by atoms with E-state index >= 15 is 0 Å². The minimum absolute atomic E-state index is 0.0466. The number of carboxylic acids is 1. The number of carboxylic acid groups (broad SMARTS) is 1. The fourth-order valence-corrected chi connectivity index (χ4v) is 3.76. The highest BCUT2D eigenvalue weighted by atomic mass is 32.2. The van der Waals surface area contributed by atoms with Crippen molar-refractivity contribution in [2.75, 3.05) is 5.75 Å². The van der Waals surface area contributed by atoms with Gasteiger partial charge in [0, 0.05) is 12.7 Å². The van der Waals surface area contributed by atoms with E-state index in [-0.39, 0.29) is 11.0 Å². The zero-order chi connectivity index (χ0) is 17.6. The van der Waals surface area contributed by atoms with E-state index in [9.17, 15) is 19.5 Å². The van der Waals surface area contributed by atoms with Crippen LogP contribution in [0.2, 0.25) is 0 Å². The molecule has 0 saturated heterocycles. The average Bonchev–Trinajstić information content (AvgIpc) is 3.02. The smallest absolute Gasteiger partial charge is 0.329 e. The highest BCUT2D eigenvalue weighted by Crippen LogP contribution is 2.30. The molecule has 1 atom stereocenters. The molecule has 2 rings (SSSR count). The van der Waals surface area contributed by atoms with Gasteiger partial charge in [0.05, 0.1) is 5.92 Å². The monoisotopic (exact) mass is 349 g/mol. The van der Waals surface area contributed by atoms with Gasteiger partial charge in [0.25, 0.3) is 0 Å². The minimum Gasteiger partial charge on any atom is -0.480 e. The molecule has 24 heavy (non-hydrogen) atoms. The topological polar surface area (TPSA) is 83.5 Å². The van der Waals surface area contributed by atoms with Gasteiger partial charge in [-0.05, 0) is 24.8 Å². The predicted molar refractivity (Wildman–Crippen MR) is 93.8 cm³/mol. The van der Waals surface area contributed by atoms with E-state index in [2.05, 4.69) is 5.32 Å². The van der Waals surface area contributed by atoms with Crippen LogP contribution in [0.1, 0.15) is 38.2 Å². The number of amides is 1. The van der Waals surface area contributed by atoms with Crippen LogP contribution in [0.25, 0.3) is 0 Å². The van der Waals surface area contributed by atoms with Crippen LogP contribution in [-0.2, 0) is 20.8 Å². The molecule has 0 heterocycles. The lowest BCUT2D eigenvalue weighted by Gasteiger charge is -2.28. The lowest BCUT2D eigenvalue weighted by atomic mass is 9.94. The van der Waals surface area contributed by atoms with Crippen LogP contribution in [0.15, 0.2) is 30.3 Å². The van der Waals surface area contributed by atoms with E-state index in [1.807, 2.05) is 30.3 Å². The van der Waals surface area contributed by atoms with E-state index in [1.54, 1.807) is 0 Å². The molecule has 1 saturated carbocycles. The largest absolute Gasteiger partial charge is 0.480 e. The molecule has 0 aliphatic heterocycles. The Labute approximate surface area is 146 Å². The lowest BCUT2D eigenvalue weighted by molar-refractivity contribution is -0.148. The Morgan fingerprint density at radius 1 is 1.21 bits per heavy atom. The normalized spacial score (nSPS) is 17.2. The first-order valence-corrected chi connectivity index (χ1v) is 9.14. The summed E-state index contributed by atoms with van der Waals surface area (Å²) in [6.45, 7) is 1.47. The third-order valence-corrected chi connectivity index (χ3v) is 5.39. The van der Waals surface area contributed by atoms with Crippen molar-refractivity contribution in [2.24, 2.45) is 5.92 Å². The molecule has 1 amide bonds. The van der Waals surface area contributed by atoms with Crippen LogP contribution < -0.4 is 5.32 Å². The molecule has 1 aliphatic rings. The summed E-state index contributed by atoms with van der Waals surface area (Å²) in [6, 6.07) is 9.57. The van der Waals surface area contributed by atoms with Crippen molar-refractivity contribution in [1.82, 2.24) is 5.32 Å². The van der Waals surface area contributed by atoms with Crippen molar-refractivity contribution in [3.05, 3.63) is 35.9 Å². The van der Waals surface area contributed by atoms with E-state index < -0.39 is 17.4 Å². The van der Waals surface area contributed by atoms with Crippen LogP contribution >= 0.6 is 11.8 Å². The van der Waals surface area contributed by atoms with Crippen molar-refractivity contribution in [3.63, 3.8) is 0 Å². The third-order valence-electron chi connectivity index (χ3n) is 4.41. The Morgan fingerprint density at radius 2 is 1.83 bits per heavy atom. The van der Waals surface area contributed by atoms with Crippen molar-refractivity contribution >= 4 is 28.8 Å². The number of hydrogen-bond acceptors (Lipinski definition) is 4. The van der Waals surface area contributed by atoms with Gasteiger partial charge in [-0.15, -0.1) is 0 Å². The third kappa shape index (κ3) is 4.84. The SMILES string of the molecule is CC(=O)SCC(Cc1ccccc1)C(=O)NC1(C(=O)O)CCCC1. The fourth-order valence-electron chi connectivity index (χ4n) is 3.05. The zero-order valence-corrected chi connectivity index (χ0v) is 14.6. The van der Waals surface area contributed by atoms with E-state index in [4.69, 9.17) is 0 Å². The highest BCUT2D eigenvalue weighted by molar-refractivity contribution is 8.13. The summed E-state index contributed by atoms with van der Waals surface area (Å²) in [5, 5.41) is 12.3. The Hall–Kier alpha value is -1.82. The first kappa shape index (κ1) is 18.5. The number of benzene rings is 1. The van der Waals surface area contributed by atoms with Gasteiger partial charge in [0.2, 0.25) is 5.91 Å². The van der Waals surface area contributed by atoms with Crippen molar-refractivity contribution < 1.29 is 19.5 Å². The van der Waals surface area contributed by atoms with Crippen LogP contribution in [-0.4, -0.2) is 33.4 Å². The molecule has 1 aromatic carbocycles. The van der Waals surface area contributed by atoms with E-state index in [0.717, 1.165) is 30.2 Å². The van der Waals surface area contributed by atoms with Gasteiger partial charge in [0.1, 0.15) is 5.54 Å². The van der Waals surface area contributed by atoms with E-state index in [0.29, 0.717) is 25.0 Å². The summed E-state index contributed by atoms with van der Waals surface area (Å²) in [5.41, 5.74) is -0.148. The number of carbonyl (C=O) groups is 3. The molecular weight excluding hydrogens is 326 g/mol. The van der Waals surface area contributed by atoms with Gasteiger partial charge in [-0.1, -0.05) is 54.9 Å². The molecule has 0 spiro atoms. The Balaban J connectivity index is 2.11. The summed E-state index contributed by atoms with van der Waals surface area (Å²) in [7, 11) is 0. The number of rotatable bonds is 7. The molecule has 1 fully saturated rings. The molecule has 6 heteroatoms. The fraction of sp³-hybridized carbons (Fsp3) is 0.500. The van der Waals surface area contributed by atoms with Crippen LogP contribution in [0.5, 0.6) is 0 Å². The van der Waals surface area contributed by atoms with Crippen molar-refractivity contribution in [2.45, 2.75) is 44.6 Å². The standard InChI is InChI=1S/C18H23NO4S/c1-13(20)24-12-15(11-14-7-3-2-4-8-14)16(21)19-18(17(22)23)9-5-6-10-18/h2-4,7-8,15H,5-6,9-12H2,1H3,(H,19,21)(H,22,23). The summed E-state index contributed by atoms with van der Waals surface area (Å²) >= 11 is 1.11. The molecule has 130 valence electrons. The minimum atomic E-state index is -1.15. The van der Waals surface area contributed by atoms with Gasteiger partial charge >= 0.3 is 5.97 Å². The summed E-state index contributed by atoms with van der Waals surface area (Å²) in [5.74, 6) is -1.33. The number of thioether (sulfide) groups is 1. The number of aliphatic carboxylic acids is 1. The average molecular weight is 349 g/mol. The second-order valence-electron chi connectivity index (χ2n) is 6.27. The maximum Gasteiger partial charge on any atom is 0.329 e. The maximum atomic E-state index is 12.7. The van der Waals surface area contributed by atoms with Gasteiger partial charge in [-0.3, -0.25) is 9.59 Å². The number of carbonyl (C=O) groups excluding carboxylic acids is 2. The first-order chi connectivity index (χ1) is 11.4. The molecule has 1 unspecified atom stereocenters. The number of nitrogens with one attached hydrogen (secondary N) is 1. The predicted octanol–water partition coefficient (Wildman–Crippen LogP) is 2.64. The van der Waals surface area contributed by atoms with Crippen molar-refractivity contribution in [1.29, 1.82) is 0 Å². The molecule has 0 aromatic heterocycles. The first-order valence-electron chi connectivity index (χ1n) is 8.16. The maximum absolute atomic E-state index is 12.7. The molecule has 1 aliphatic carbocycles. The van der Waals surface area contributed by atoms with Gasteiger partial charge in [-0.25, -0.2) is 4.79 Å². The Kier molecular flexibility index (Phi) is 6.43. The molecular formula is C18H23NO4S. The summed E-state index contributed by atoms with van der Waals surface area (Å²) in [4.78, 5) is 35.6. The summed E-state index contributed by atoms with van der Waals surface area (Å²) < 4.78 is 0. The van der Waals surface area contributed by atoms with Crippen LogP contribution in [0.4, 0.5) is 0 Å². The summed E-state index contributed by atoms with van der Waals surface area (Å²) in [6.07, 6.45) is 3.02.